The molecule has 304 valence electrons. The van der Waals surface area contributed by atoms with Crippen LogP contribution in [0.2, 0.25) is 0 Å². The maximum Gasteiger partial charge on any atom is 0.135 e. The van der Waals surface area contributed by atoms with Gasteiger partial charge in [-0.15, -0.1) is 48.1 Å². The van der Waals surface area contributed by atoms with Crippen LogP contribution in [-0.2, 0) is 37.3 Å². The van der Waals surface area contributed by atoms with E-state index >= 15 is 0 Å². The van der Waals surface area contributed by atoms with Crippen molar-refractivity contribution in [3.8, 4) is 17.3 Å². The maximum atomic E-state index is 6.62. The van der Waals surface area contributed by atoms with Crippen LogP contribution in [0.5, 0.6) is 11.5 Å². The molecule has 2 aromatic heterocycles. The number of hydrogen-bond donors (Lipinski definition) is 0. The molecule has 0 aliphatic carbocycles. The van der Waals surface area contributed by atoms with Crippen molar-refractivity contribution in [3.05, 3.63) is 211 Å². The molecule has 0 spiro atoms. The zero-order chi connectivity index (χ0) is 40.9. The van der Waals surface area contributed by atoms with Crippen LogP contribution in [0, 0.1) is 18.8 Å². The number of nitrogens with zero attached hydrogens (tertiary/aromatic N) is 4. The second-order valence-electron chi connectivity index (χ2n) is 17.5. The van der Waals surface area contributed by atoms with Gasteiger partial charge in [-0.05, 0) is 69.6 Å². The number of ether oxygens (including phenoxy) is 1. The van der Waals surface area contributed by atoms with E-state index in [1.165, 1.54) is 22.3 Å². The van der Waals surface area contributed by atoms with Gasteiger partial charge in [0.2, 0.25) is 0 Å². The molecule has 0 amide bonds. The minimum absolute atomic E-state index is 0. The summed E-state index contributed by atoms with van der Waals surface area (Å²) in [6.45, 7) is 18.0. The molecule has 0 bridgehead atoms. The van der Waals surface area contributed by atoms with Gasteiger partial charge >= 0.3 is 0 Å². The Morgan fingerprint density at radius 3 is 1.95 bits per heavy atom. The monoisotopic (exact) mass is 964 g/mol. The third-order valence-corrected chi connectivity index (χ3v) is 11.9. The van der Waals surface area contributed by atoms with Gasteiger partial charge in [-0.2, -0.15) is 12.1 Å². The number of fused-ring (bicyclic) bond motifs is 3. The first kappa shape index (κ1) is 40.9. The quantitative estimate of drug-likeness (QED) is 0.135. The van der Waals surface area contributed by atoms with Crippen LogP contribution in [0.1, 0.15) is 70.7 Å². The molecule has 0 fully saturated rings. The molecule has 5 nitrogen and oxygen atoms in total. The Morgan fingerprint density at radius 2 is 1.22 bits per heavy atom. The molecule has 0 N–H and O–H groups in total. The van der Waals surface area contributed by atoms with E-state index in [0.717, 1.165) is 44.7 Å². The number of rotatable bonds is 9. The Balaban J connectivity index is 0.00000499. The van der Waals surface area contributed by atoms with Crippen molar-refractivity contribution in [2.75, 3.05) is 9.80 Å². The van der Waals surface area contributed by atoms with E-state index in [-0.39, 0.29) is 37.3 Å². The van der Waals surface area contributed by atoms with Crippen LogP contribution < -0.4 is 14.5 Å². The summed E-state index contributed by atoms with van der Waals surface area (Å²) in [6.07, 6.45) is 4.14. The van der Waals surface area contributed by atoms with Crippen molar-refractivity contribution < 1.29 is 25.8 Å². The van der Waals surface area contributed by atoms with Gasteiger partial charge in [0, 0.05) is 66.5 Å². The fraction of sp³-hybridized carbons (Fsp3) is 0.185. The van der Waals surface area contributed by atoms with E-state index in [9.17, 15) is 0 Å². The number of hydrogen-bond acceptors (Lipinski definition) is 4. The second kappa shape index (κ2) is 15.9. The van der Waals surface area contributed by atoms with Gasteiger partial charge in [-0.25, -0.2) is 4.98 Å². The van der Waals surface area contributed by atoms with Crippen molar-refractivity contribution in [1.82, 2.24) is 9.55 Å². The molecule has 1 aliphatic heterocycles. The summed E-state index contributed by atoms with van der Waals surface area (Å²) in [5, 5.41) is 2.22. The molecule has 9 rings (SSSR count). The normalized spacial score (nSPS) is 13.4. The van der Waals surface area contributed by atoms with Gasteiger partial charge in [0.15, 0.2) is 0 Å². The molecular formula is C54H49N4OPt-3. The average Bonchev–Trinajstić information content (AvgIpc) is 3.85. The van der Waals surface area contributed by atoms with Crippen molar-refractivity contribution in [2.45, 2.75) is 64.7 Å². The van der Waals surface area contributed by atoms with E-state index in [2.05, 4.69) is 221 Å². The van der Waals surface area contributed by atoms with E-state index in [0.29, 0.717) is 11.5 Å². The number of benzene rings is 6. The Morgan fingerprint density at radius 1 is 0.567 bits per heavy atom. The van der Waals surface area contributed by atoms with Crippen LogP contribution in [0.4, 0.5) is 11.4 Å². The summed E-state index contributed by atoms with van der Waals surface area (Å²) in [5.74, 6) is 2.04. The number of pyridine rings is 1. The largest absolute Gasteiger partial charge is 0.509 e. The third kappa shape index (κ3) is 7.56. The summed E-state index contributed by atoms with van der Waals surface area (Å²) in [7, 11) is 0. The number of anilines is 2. The molecule has 0 unspecified atom stereocenters. The van der Waals surface area contributed by atoms with Gasteiger partial charge in [-0.3, -0.25) is 0 Å². The Bertz CT molecular complexity index is 2830. The molecule has 8 aromatic rings. The minimum atomic E-state index is -0.299. The summed E-state index contributed by atoms with van der Waals surface area (Å²) in [4.78, 5) is 9.39. The Labute approximate surface area is 369 Å². The predicted octanol–water partition coefficient (Wildman–Crippen LogP) is 13.5. The molecule has 0 radical (unpaired) electrons. The maximum absolute atomic E-state index is 6.62. The zero-order valence-electron chi connectivity index (χ0n) is 35.2. The van der Waals surface area contributed by atoms with Gasteiger partial charge in [-0.1, -0.05) is 145 Å². The van der Waals surface area contributed by atoms with E-state index < -0.39 is 0 Å². The molecule has 1 aliphatic rings. The number of allylic oxidation sites excluding steroid dienone is 1. The number of aromatic nitrogens is 2. The van der Waals surface area contributed by atoms with Crippen LogP contribution in [-0.4, -0.2) is 9.55 Å². The third-order valence-electron chi connectivity index (χ3n) is 11.9. The summed E-state index contributed by atoms with van der Waals surface area (Å²) in [5.41, 5.74) is 9.57. The first-order chi connectivity index (χ1) is 28.4. The molecular weight excluding hydrogens is 916 g/mol. The molecule has 0 saturated carbocycles. The van der Waals surface area contributed by atoms with Crippen molar-refractivity contribution in [3.63, 3.8) is 0 Å². The van der Waals surface area contributed by atoms with Crippen LogP contribution in [0.3, 0.4) is 0 Å². The molecule has 3 heterocycles. The van der Waals surface area contributed by atoms with Gasteiger partial charge in [0.05, 0.1) is 0 Å². The topological polar surface area (TPSA) is 33.5 Å². The van der Waals surface area contributed by atoms with Crippen molar-refractivity contribution in [1.29, 1.82) is 0 Å². The first-order valence-corrected chi connectivity index (χ1v) is 20.4. The van der Waals surface area contributed by atoms with Crippen LogP contribution >= 0.6 is 0 Å². The SMILES string of the molecule is CC(C)(C)c1cccc(N2[CH-]N(c3[c-]c(Oc4[c-]c5c(cc4)c4ccccc4n5-c4cc(C(C)(C)c5ccccc5)ccn4)ccc3)C=C2C(C)(C)c2ccccc2)c1.[Pt]. The zero-order valence-corrected chi connectivity index (χ0v) is 37.5. The van der Waals surface area contributed by atoms with Gasteiger partial charge < -0.3 is 19.1 Å². The van der Waals surface area contributed by atoms with Crippen molar-refractivity contribution in [2.24, 2.45) is 0 Å². The van der Waals surface area contributed by atoms with E-state index in [4.69, 9.17) is 9.72 Å². The second-order valence-corrected chi connectivity index (χ2v) is 17.5. The molecule has 60 heavy (non-hydrogen) atoms. The predicted molar refractivity (Wildman–Crippen MR) is 243 cm³/mol. The molecule has 6 aromatic carbocycles. The fourth-order valence-corrected chi connectivity index (χ4v) is 8.23. The minimum Gasteiger partial charge on any atom is -0.509 e. The smallest absolute Gasteiger partial charge is 0.135 e. The first-order valence-electron chi connectivity index (χ1n) is 20.4. The summed E-state index contributed by atoms with van der Waals surface area (Å²) in [6, 6.07) is 60.4. The average molecular weight is 965 g/mol. The van der Waals surface area contributed by atoms with Crippen molar-refractivity contribution >= 4 is 33.2 Å². The van der Waals surface area contributed by atoms with Crippen LogP contribution in [0.15, 0.2) is 170 Å². The standard InChI is InChI=1S/C54H49N4O.Pt/c1-52(2,3)40-22-16-24-43(32-40)57-37-56(36-50(57)54(6,7)39-20-12-9-13-21-39)42-23-17-25-44(34-42)59-45-28-29-47-46-26-14-15-27-48(46)58(49(47)35-45)51-33-41(30-31-55-51)53(4,5)38-18-10-8-11-19-38;/h8-33,36-37H,1-7H3;/q-3;. The van der Waals surface area contributed by atoms with Gasteiger partial charge in [0.1, 0.15) is 5.82 Å². The fourth-order valence-electron chi connectivity index (χ4n) is 8.23. The molecule has 0 saturated heterocycles. The molecule has 0 atom stereocenters. The summed E-state index contributed by atoms with van der Waals surface area (Å²) < 4.78 is 8.82. The summed E-state index contributed by atoms with van der Waals surface area (Å²) >= 11 is 0. The van der Waals surface area contributed by atoms with E-state index in [1.807, 2.05) is 24.4 Å². The Hall–Kier alpha value is -5.90. The Kier molecular flexibility index (Phi) is 10.9. The number of para-hydroxylation sites is 1. The van der Waals surface area contributed by atoms with E-state index in [1.54, 1.807) is 0 Å². The van der Waals surface area contributed by atoms with Crippen LogP contribution in [0.25, 0.3) is 27.6 Å². The van der Waals surface area contributed by atoms with Gasteiger partial charge in [0.25, 0.3) is 0 Å². The molecule has 6 heteroatoms.